The van der Waals surface area contributed by atoms with Crippen LogP contribution in [0.1, 0.15) is 63.7 Å². The van der Waals surface area contributed by atoms with Crippen molar-refractivity contribution in [3.63, 3.8) is 0 Å². The summed E-state index contributed by atoms with van der Waals surface area (Å²) < 4.78 is 2.08. The summed E-state index contributed by atoms with van der Waals surface area (Å²) in [5.41, 5.74) is 0.632. The van der Waals surface area contributed by atoms with Crippen molar-refractivity contribution in [3.05, 3.63) is 24.0 Å². The van der Waals surface area contributed by atoms with E-state index in [1.54, 1.807) is 0 Å². The summed E-state index contributed by atoms with van der Waals surface area (Å²) in [6, 6.07) is 1.91. The summed E-state index contributed by atoms with van der Waals surface area (Å²) in [4.78, 5) is 14.7. The second-order valence-electron chi connectivity index (χ2n) is 7.72. The number of aliphatic hydroxyl groups is 1. The lowest BCUT2D eigenvalue weighted by Gasteiger charge is -2.41. The van der Waals surface area contributed by atoms with Gasteiger partial charge < -0.3 is 14.6 Å². The molecule has 0 spiro atoms. The van der Waals surface area contributed by atoms with Crippen molar-refractivity contribution in [2.45, 2.75) is 58.9 Å². The van der Waals surface area contributed by atoms with Gasteiger partial charge in [0.1, 0.15) is 0 Å². The van der Waals surface area contributed by atoms with Crippen molar-refractivity contribution < 1.29 is 9.90 Å². The van der Waals surface area contributed by atoms with E-state index in [-0.39, 0.29) is 23.5 Å². The van der Waals surface area contributed by atoms with Crippen molar-refractivity contribution >= 4 is 5.91 Å². The molecule has 1 saturated heterocycles. The standard InChI is InChI=1S/C18H30N2O2/c1-5-8-18(14-21)9-6-10-19(13-18)16(22)15-7-11-20(12-15)17(2,3)4/h7,11-12,21H,5-6,8-10,13-14H2,1-4H3. The second-order valence-corrected chi connectivity index (χ2v) is 7.72. The second kappa shape index (κ2) is 6.45. The molecule has 4 nitrogen and oxygen atoms in total. The molecule has 1 fully saturated rings. The maximum atomic E-state index is 12.8. The number of nitrogens with zero attached hydrogens (tertiary/aromatic N) is 2. The van der Waals surface area contributed by atoms with E-state index in [1.165, 1.54) is 0 Å². The molecular weight excluding hydrogens is 276 g/mol. The van der Waals surface area contributed by atoms with Crippen LogP contribution in [0, 0.1) is 5.41 Å². The number of aromatic nitrogens is 1. The highest BCUT2D eigenvalue weighted by molar-refractivity contribution is 5.94. The third kappa shape index (κ3) is 3.54. The number of hydrogen-bond donors (Lipinski definition) is 1. The Kier molecular flexibility index (Phi) is 5.00. The van der Waals surface area contributed by atoms with Gasteiger partial charge in [-0.25, -0.2) is 0 Å². The topological polar surface area (TPSA) is 45.5 Å². The van der Waals surface area contributed by atoms with Crippen LogP contribution in [0.25, 0.3) is 0 Å². The normalized spacial score (nSPS) is 22.9. The molecule has 0 bridgehead atoms. The quantitative estimate of drug-likeness (QED) is 0.928. The van der Waals surface area contributed by atoms with E-state index < -0.39 is 0 Å². The fourth-order valence-corrected chi connectivity index (χ4v) is 3.45. The van der Waals surface area contributed by atoms with E-state index in [1.807, 2.05) is 23.4 Å². The molecule has 2 rings (SSSR count). The number of aliphatic hydroxyl groups excluding tert-OH is 1. The van der Waals surface area contributed by atoms with Crippen LogP contribution in [-0.4, -0.2) is 40.2 Å². The maximum Gasteiger partial charge on any atom is 0.255 e. The predicted octanol–water partition coefficient (Wildman–Crippen LogP) is 3.26. The molecule has 1 unspecified atom stereocenters. The first-order valence-electron chi connectivity index (χ1n) is 8.40. The summed E-state index contributed by atoms with van der Waals surface area (Å²) in [5, 5.41) is 9.81. The Hall–Kier alpha value is -1.29. The van der Waals surface area contributed by atoms with Gasteiger partial charge in [-0.3, -0.25) is 4.79 Å². The average molecular weight is 306 g/mol. The fourth-order valence-electron chi connectivity index (χ4n) is 3.45. The largest absolute Gasteiger partial charge is 0.396 e. The molecule has 1 atom stereocenters. The van der Waals surface area contributed by atoms with Crippen molar-refractivity contribution in [3.8, 4) is 0 Å². The van der Waals surface area contributed by atoms with Crippen molar-refractivity contribution in [2.24, 2.45) is 5.41 Å². The summed E-state index contributed by atoms with van der Waals surface area (Å²) in [7, 11) is 0. The number of carbonyl (C=O) groups is 1. The number of rotatable bonds is 4. The first kappa shape index (κ1) is 17.1. The van der Waals surface area contributed by atoms with Gasteiger partial charge >= 0.3 is 0 Å². The molecule has 0 aliphatic carbocycles. The lowest BCUT2D eigenvalue weighted by Crippen LogP contribution is -2.47. The molecule has 1 aliphatic rings. The number of carbonyl (C=O) groups excluding carboxylic acids is 1. The van der Waals surface area contributed by atoms with Gasteiger partial charge in [0.15, 0.2) is 0 Å². The highest BCUT2D eigenvalue weighted by Crippen LogP contribution is 2.34. The molecule has 2 heterocycles. The van der Waals surface area contributed by atoms with Gasteiger partial charge in [0.2, 0.25) is 0 Å². The summed E-state index contributed by atoms with van der Waals surface area (Å²) in [6.07, 6.45) is 7.94. The lowest BCUT2D eigenvalue weighted by atomic mass is 9.77. The number of hydrogen-bond acceptors (Lipinski definition) is 2. The van der Waals surface area contributed by atoms with Gasteiger partial charge in [0, 0.05) is 36.4 Å². The molecule has 124 valence electrons. The highest BCUT2D eigenvalue weighted by Gasteiger charge is 2.36. The molecule has 1 N–H and O–H groups in total. The van der Waals surface area contributed by atoms with Crippen LogP contribution in [0.5, 0.6) is 0 Å². The van der Waals surface area contributed by atoms with E-state index in [0.29, 0.717) is 6.54 Å². The Morgan fingerprint density at radius 1 is 1.41 bits per heavy atom. The van der Waals surface area contributed by atoms with Crippen LogP contribution < -0.4 is 0 Å². The molecule has 22 heavy (non-hydrogen) atoms. The zero-order chi connectivity index (χ0) is 16.4. The van der Waals surface area contributed by atoms with E-state index in [2.05, 4.69) is 32.3 Å². The van der Waals surface area contributed by atoms with E-state index in [9.17, 15) is 9.90 Å². The Balaban J connectivity index is 2.13. The lowest BCUT2D eigenvalue weighted by molar-refractivity contribution is 0.0222. The van der Waals surface area contributed by atoms with Gasteiger partial charge in [-0.2, -0.15) is 0 Å². The van der Waals surface area contributed by atoms with Crippen LogP contribution in [0.15, 0.2) is 18.5 Å². The Labute approximate surface area is 134 Å². The number of likely N-dealkylation sites (tertiary alicyclic amines) is 1. The minimum atomic E-state index is -0.102. The van der Waals surface area contributed by atoms with Crippen LogP contribution in [0.3, 0.4) is 0 Å². The molecular formula is C18H30N2O2. The molecule has 0 radical (unpaired) electrons. The number of amides is 1. The van der Waals surface area contributed by atoms with Crippen LogP contribution >= 0.6 is 0 Å². The minimum Gasteiger partial charge on any atom is -0.396 e. The minimum absolute atomic E-state index is 0.0164. The monoisotopic (exact) mass is 306 g/mol. The van der Waals surface area contributed by atoms with Crippen LogP contribution in [-0.2, 0) is 5.54 Å². The SMILES string of the molecule is CCCC1(CO)CCCN(C(=O)c2ccn(C(C)(C)C)c2)C1. The molecule has 1 aromatic rings. The third-order valence-corrected chi connectivity index (χ3v) is 4.78. The number of piperidine rings is 1. The van der Waals surface area contributed by atoms with E-state index in [4.69, 9.17) is 0 Å². The van der Waals surface area contributed by atoms with E-state index in [0.717, 1.165) is 37.8 Å². The zero-order valence-corrected chi connectivity index (χ0v) is 14.4. The van der Waals surface area contributed by atoms with Gasteiger partial charge in [-0.05, 0) is 46.1 Å². The zero-order valence-electron chi connectivity index (χ0n) is 14.4. The summed E-state index contributed by atoms with van der Waals surface area (Å²) in [5.74, 6) is 0.0941. The summed E-state index contributed by atoms with van der Waals surface area (Å²) >= 11 is 0. The van der Waals surface area contributed by atoms with Crippen molar-refractivity contribution in [1.29, 1.82) is 0 Å². The van der Waals surface area contributed by atoms with Gasteiger partial charge in [0.05, 0.1) is 12.2 Å². The Bertz CT molecular complexity index is 511. The fraction of sp³-hybridized carbons (Fsp3) is 0.722. The highest BCUT2D eigenvalue weighted by atomic mass is 16.3. The van der Waals surface area contributed by atoms with E-state index >= 15 is 0 Å². The molecule has 0 aromatic carbocycles. The van der Waals surface area contributed by atoms with Crippen molar-refractivity contribution in [2.75, 3.05) is 19.7 Å². The molecule has 4 heteroatoms. The summed E-state index contributed by atoms with van der Waals surface area (Å²) in [6.45, 7) is 10.2. The third-order valence-electron chi connectivity index (χ3n) is 4.78. The van der Waals surface area contributed by atoms with Crippen LogP contribution in [0.4, 0.5) is 0 Å². The van der Waals surface area contributed by atoms with Gasteiger partial charge in [-0.1, -0.05) is 13.3 Å². The maximum absolute atomic E-state index is 12.8. The van der Waals surface area contributed by atoms with Crippen LogP contribution in [0.2, 0.25) is 0 Å². The van der Waals surface area contributed by atoms with Crippen molar-refractivity contribution in [1.82, 2.24) is 9.47 Å². The Morgan fingerprint density at radius 3 is 2.68 bits per heavy atom. The first-order chi connectivity index (χ1) is 10.3. The molecule has 1 aromatic heterocycles. The average Bonchev–Trinajstić information content (AvgIpc) is 2.97. The molecule has 1 aliphatic heterocycles. The van der Waals surface area contributed by atoms with Gasteiger partial charge in [-0.15, -0.1) is 0 Å². The smallest absolute Gasteiger partial charge is 0.255 e. The van der Waals surface area contributed by atoms with Gasteiger partial charge in [0.25, 0.3) is 5.91 Å². The Morgan fingerprint density at radius 2 is 2.14 bits per heavy atom. The molecule has 1 amide bonds. The predicted molar refractivity (Wildman–Crippen MR) is 89.0 cm³/mol. The molecule has 0 saturated carbocycles. The first-order valence-corrected chi connectivity index (χ1v) is 8.40.